The fourth-order valence-corrected chi connectivity index (χ4v) is 1.47. The fraction of sp³-hybridized carbons (Fsp3) is 0.909. The Balaban J connectivity index is 3.90. The van der Waals surface area contributed by atoms with Crippen LogP contribution in [-0.2, 0) is 0 Å². The molecule has 0 atom stereocenters. The molecule has 0 aliphatic carbocycles. The van der Waals surface area contributed by atoms with Crippen molar-refractivity contribution in [2.45, 2.75) is 6.42 Å². The molecule has 0 aliphatic heterocycles. The van der Waals surface area contributed by atoms with Gasteiger partial charge in [0.15, 0.2) is 0 Å². The van der Waals surface area contributed by atoms with Gasteiger partial charge in [-0.1, -0.05) is 0 Å². The van der Waals surface area contributed by atoms with Gasteiger partial charge in [-0.3, -0.25) is 14.8 Å². The molecular formula is C11H28N4+2. The number of hydrogen-bond acceptors (Lipinski definition) is 0. The summed E-state index contributed by atoms with van der Waals surface area (Å²) in [5.41, 5.74) is 0. The van der Waals surface area contributed by atoms with Crippen molar-refractivity contribution >= 4 is 5.96 Å². The minimum Gasteiger partial charge on any atom is -0.331 e. The molecule has 0 heterocycles. The van der Waals surface area contributed by atoms with Gasteiger partial charge in [-0.25, -0.2) is 0 Å². The first-order valence-electron chi connectivity index (χ1n) is 5.50. The van der Waals surface area contributed by atoms with Crippen molar-refractivity contribution in [1.82, 2.24) is 10.2 Å². The lowest BCUT2D eigenvalue weighted by Crippen LogP contribution is -2.43. The summed E-state index contributed by atoms with van der Waals surface area (Å²) in [5.74, 6) is 1.16. The van der Waals surface area contributed by atoms with E-state index in [2.05, 4.69) is 64.1 Å². The first-order chi connectivity index (χ1) is 6.74. The molecule has 0 fully saturated rings. The highest BCUT2D eigenvalue weighted by Gasteiger charge is 2.11. The SMILES string of the molecule is CN(C)C(NCCC[N+](C)(C)C)=[N+](C)C. The molecule has 0 aromatic rings. The first kappa shape index (κ1) is 14.2. The van der Waals surface area contributed by atoms with Crippen molar-refractivity contribution in [2.24, 2.45) is 0 Å². The van der Waals surface area contributed by atoms with Gasteiger partial charge in [0.2, 0.25) is 0 Å². The van der Waals surface area contributed by atoms with Crippen molar-refractivity contribution in [3.05, 3.63) is 0 Å². The van der Waals surface area contributed by atoms with E-state index in [-0.39, 0.29) is 0 Å². The third-order valence-electron chi connectivity index (χ3n) is 2.14. The van der Waals surface area contributed by atoms with Crippen LogP contribution in [-0.4, -0.2) is 82.3 Å². The average Bonchev–Trinajstić information content (AvgIpc) is 2.00. The minimum absolute atomic E-state index is 1.03. The average molecular weight is 216 g/mol. The molecule has 0 saturated heterocycles. The smallest absolute Gasteiger partial charge is 0.331 e. The predicted molar refractivity (Wildman–Crippen MR) is 66.3 cm³/mol. The summed E-state index contributed by atoms with van der Waals surface area (Å²) in [6, 6.07) is 0. The van der Waals surface area contributed by atoms with Crippen molar-refractivity contribution in [3.63, 3.8) is 0 Å². The number of quaternary nitrogens is 1. The van der Waals surface area contributed by atoms with Crippen LogP contribution in [0, 0.1) is 0 Å². The van der Waals surface area contributed by atoms with Crippen molar-refractivity contribution in [2.75, 3.05) is 62.4 Å². The van der Waals surface area contributed by atoms with Gasteiger partial charge in [-0.2, -0.15) is 0 Å². The molecule has 0 unspecified atom stereocenters. The quantitative estimate of drug-likeness (QED) is 0.232. The van der Waals surface area contributed by atoms with E-state index in [9.17, 15) is 0 Å². The van der Waals surface area contributed by atoms with Gasteiger partial charge in [-0.05, 0) is 0 Å². The van der Waals surface area contributed by atoms with Gasteiger partial charge in [0, 0.05) is 6.42 Å². The second kappa shape index (κ2) is 5.95. The van der Waals surface area contributed by atoms with E-state index < -0.39 is 0 Å². The molecule has 90 valence electrons. The summed E-state index contributed by atoms with van der Waals surface area (Å²) in [6.45, 7) is 2.22. The third kappa shape index (κ3) is 7.19. The maximum absolute atomic E-state index is 3.45. The number of nitrogens with zero attached hydrogens (tertiary/aromatic N) is 3. The van der Waals surface area contributed by atoms with E-state index in [1.54, 1.807) is 0 Å². The van der Waals surface area contributed by atoms with Gasteiger partial charge < -0.3 is 4.48 Å². The molecule has 0 aromatic carbocycles. The van der Waals surface area contributed by atoms with E-state index in [1.165, 1.54) is 13.0 Å². The normalized spacial score (nSPS) is 11.1. The fourth-order valence-electron chi connectivity index (χ4n) is 1.47. The summed E-state index contributed by atoms with van der Waals surface area (Å²) in [7, 11) is 14.9. The molecule has 0 amide bonds. The Morgan fingerprint density at radius 3 is 2.07 bits per heavy atom. The Kier molecular flexibility index (Phi) is 5.65. The van der Waals surface area contributed by atoms with E-state index in [1.807, 2.05) is 0 Å². The molecule has 4 heteroatoms. The van der Waals surface area contributed by atoms with Crippen LogP contribution in [0.1, 0.15) is 6.42 Å². The highest BCUT2D eigenvalue weighted by molar-refractivity contribution is 5.74. The lowest BCUT2D eigenvalue weighted by molar-refractivity contribution is -0.870. The van der Waals surface area contributed by atoms with Crippen LogP contribution in [0.2, 0.25) is 0 Å². The van der Waals surface area contributed by atoms with Gasteiger partial charge in [-0.15, -0.1) is 0 Å². The molecule has 1 N–H and O–H groups in total. The van der Waals surface area contributed by atoms with Crippen molar-refractivity contribution in [3.8, 4) is 0 Å². The van der Waals surface area contributed by atoms with Crippen LogP contribution < -0.4 is 5.32 Å². The summed E-state index contributed by atoms with van der Waals surface area (Å²) >= 11 is 0. The summed E-state index contributed by atoms with van der Waals surface area (Å²) in [5, 5.41) is 3.45. The van der Waals surface area contributed by atoms with E-state index in [0.29, 0.717) is 0 Å². The zero-order valence-corrected chi connectivity index (χ0v) is 11.5. The predicted octanol–water partition coefficient (Wildman–Crippen LogP) is -0.138. The molecule has 4 nitrogen and oxygen atoms in total. The Bertz CT molecular complexity index is 209. The van der Waals surface area contributed by atoms with Crippen LogP contribution in [0.15, 0.2) is 0 Å². The zero-order chi connectivity index (χ0) is 12.1. The number of hydrogen-bond donors (Lipinski definition) is 1. The Labute approximate surface area is 94.8 Å². The second-order valence-electron chi connectivity index (χ2n) is 5.41. The van der Waals surface area contributed by atoms with E-state index >= 15 is 0 Å². The largest absolute Gasteiger partial charge is 0.347 e. The Hall–Kier alpha value is -0.770. The standard InChI is InChI=1S/C11H27N4/c1-13(2)11(14(3)4)12-9-8-10-15(5,6)7/h8-10H2,1-7H3/q+1/p+1. The first-order valence-corrected chi connectivity index (χ1v) is 5.50. The Morgan fingerprint density at radius 1 is 1.20 bits per heavy atom. The van der Waals surface area contributed by atoms with Gasteiger partial charge in [0.25, 0.3) is 0 Å². The number of guanidine groups is 1. The Morgan fingerprint density at radius 2 is 1.73 bits per heavy atom. The number of nitrogens with one attached hydrogen (secondary N) is 1. The molecule has 0 aliphatic rings. The summed E-state index contributed by atoms with van der Waals surface area (Å²) in [4.78, 5) is 2.10. The zero-order valence-electron chi connectivity index (χ0n) is 11.5. The molecule has 0 bridgehead atoms. The van der Waals surface area contributed by atoms with Crippen LogP contribution >= 0.6 is 0 Å². The number of rotatable bonds is 4. The molecule has 0 rings (SSSR count). The van der Waals surface area contributed by atoms with E-state index in [0.717, 1.165) is 17.0 Å². The van der Waals surface area contributed by atoms with Gasteiger partial charge in [0.05, 0.1) is 62.4 Å². The van der Waals surface area contributed by atoms with E-state index in [4.69, 9.17) is 0 Å². The molecule has 15 heavy (non-hydrogen) atoms. The van der Waals surface area contributed by atoms with Crippen LogP contribution in [0.4, 0.5) is 0 Å². The van der Waals surface area contributed by atoms with Crippen molar-refractivity contribution < 1.29 is 9.06 Å². The van der Waals surface area contributed by atoms with Crippen LogP contribution in [0.3, 0.4) is 0 Å². The topological polar surface area (TPSA) is 18.3 Å². The summed E-state index contributed by atoms with van der Waals surface area (Å²) in [6.07, 6.45) is 1.19. The third-order valence-corrected chi connectivity index (χ3v) is 2.14. The lowest BCUT2D eigenvalue weighted by Gasteiger charge is -2.23. The highest BCUT2D eigenvalue weighted by Crippen LogP contribution is 1.92. The van der Waals surface area contributed by atoms with Gasteiger partial charge >= 0.3 is 5.96 Å². The molecule has 0 spiro atoms. The molecule has 0 radical (unpaired) electrons. The maximum atomic E-state index is 3.45. The van der Waals surface area contributed by atoms with Crippen LogP contribution in [0.5, 0.6) is 0 Å². The maximum Gasteiger partial charge on any atom is 0.347 e. The highest BCUT2D eigenvalue weighted by atomic mass is 15.3. The molecule has 0 aromatic heterocycles. The summed E-state index contributed by atoms with van der Waals surface area (Å²) < 4.78 is 3.13. The lowest BCUT2D eigenvalue weighted by atomic mass is 10.3. The minimum atomic E-state index is 1.03. The second-order valence-corrected chi connectivity index (χ2v) is 5.41. The monoisotopic (exact) mass is 216 g/mol. The molecular weight excluding hydrogens is 188 g/mol. The van der Waals surface area contributed by atoms with Crippen molar-refractivity contribution in [1.29, 1.82) is 0 Å². The van der Waals surface area contributed by atoms with Crippen LogP contribution in [0.25, 0.3) is 0 Å². The molecule has 0 saturated carbocycles. The van der Waals surface area contributed by atoms with Gasteiger partial charge in [0.1, 0.15) is 0 Å².